The fraction of sp³-hybridized carbons (Fsp3) is 0.167. The molecule has 0 saturated carbocycles. The summed E-state index contributed by atoms with van der Waals surface area (Å²) >= 11 is 0. The molecule has 2 aromatic heterocycles. The lowest BCUT2D eigenvalue weighted by Crippen LogP contribution is -1.99. The SMILES string of the molecule is COc1ccc(-c2noc(COc3cccc(-n4cnnn4)c3)n2)cc1OC. The number of rotatable bonds is 7. The second-order valence-corrected chi connectivity index (χ2v) is 5.62. The van der Waals surface area contributed by atoms with Gasteiger partial charge in [0.25, 0.3) is 5.89 Å². The molecule has 0 fully saturated rings. The molecule has 0 amide bonds. The van der Waals surface area contributed by atoms with Crippen molar-refractivity contribution in [3.63, 3.8) is 0 Å². The molecule has 0 atom stereocenters. The van der Waals surface area contributed by atoms with E-state index in [0.29, 0.717) is 29.0 Å². The van der Waals surface area contributed by atoms with Crippen molar-refractivity contribution in [2.75, 3.05) is 14.2 Å². The quantitative estimate of drug-likeness (QED) is 0.477. The van der Waals surface area contributed by atoms with Gasteiger partial charge in [0.1, 0.15) is 12.1 Å². The summed E-state index contributed by atoms with van der Waals surface area (Å²) < 4.78 is 23.1. The van der Waals surface area contributed by atoms with Crippen LogP contribution in [0, 0.1) is 0 Å². The third-order valence-corrected chi connectivity index (χ3v) is 3.90. The molecule has 0 saturated heterocycles. The first-order valence-electron chi connectivity index (χ1n) is 8.28. The Kier molecular flexibility index (Phi) is 4.83. The van der Waals surface area contributed by atoms with Crippen molar-refractivity contribution >= 4 is 0 Å². The van der Waals surface area contributed by atoms with Crippen molar-refractivity contribution in [2.24, 2.45) is 0 Å². The Bertz CT molecular complexity index is 1060. The summed E-state index contributed by atoms with van der Waals surface area (Å²) in [6.45, 7) is 0.124. The molecule has 0 spiro atoms. The van der Waals surface area contributed by atoms with Gasteiger partial charge in [-0.1, -0.05) is 11.2 Å². The number of aromatic nitrogens is 6. The van der Waals surface area contributed by atoms with Crippen molar-refractivity contribution in [1.82, 2.24) is 30.3 Å². The first kappa shape index (κ1) is 17.5. The van der Waals surface area contributed by atoms with E-state index in [4.69, 9.17) is 18.7 Å². The number of ether oxygens (including phenoxy) is 3. The van der Waals surface area contributed by atoms with Gasteiger partial charge in [-0.25, -0.2) is 4.68 Å². The first-order chi connectivity index (χ1) is 13.8. The molecule has 0 aliphatic rings. The Balaban J connectivity index is 1.46. The number of hydrogen-bond donors (Lipinski definition) is 0. The summed E-state index contributed by atoms with van der Waals surface area (Å²) in [7, 11) is 3.15. The largest absolute Gasteiger partial charge is 0.493 e. The van der Waals surface area contributed by atoms with Gasteiger partial charge in [-0.2, -0.15) is 4.98 Å². The normalized spacial score (nSPS) is 10.6. The molecule has 0 aliphatic carbocycles. The molecule has 4 rings (SSSR count). The first-order valence-corrected chi connectivity index (χ1v) is 8.28. The zero-order chi connectivity index (χ0) is 19.3. The Morgan fingerprint density at radius 2 is 1.93 bits per heavy atom. The fourth-order valence-electron chi connectivity index (χ4n) is 2.55. The Labute approximate surface area is 159 Å². The van der Waals surface area contributed by atoms with Crippen LogP contribution in [0.15, 0.2) is 53.3 Å². The molecule has 4 aromatic rings. The second-order valence-electron chi connectivity index (χ2n) is 5.62. The topological polar surface area (TPSA) is 110 Å². The number of hydrogen-bond acceptors (Lipinski definition) is 9. The molecular weight excluding hydrogens is 364 g/mol. The van der Waals surface area contributed by atoms with Gasteiger partial charge in [-0.15, -0.1) is 5.10 Å². The van der Waals surface area contributed by atoms with E-state index in [1.54, 1.807) is 26.4 Å². The van der Waals surface area contributed by atoms with Gasteiger partial charge >= 0.3 is 0 Å². The summed E-state index contributed by atoms with van der Waals surface area (Å²) in [5, 5.41) is 15.1. The maximum Gasteiger partial charge on any atom is 0.264 e. The van der Waals surface area contributed by atoms with Crippen LogP contribution in [-0.2, 0) is 6.61 Å². The van der Waals surface area contributed by atoms with Gasteiger partial charge in [0.2, 0.25) is 5.82 Å². The standard InChI is InChI=1S/C18H16N6O4/c1-25-15-7-6-12(8-16(15)26-2)18-20-17(28-21-18)10-27-14-5-3-4-13(9-14)24-11-19-22-23-24/h3-9,11H,10H2,1-2H3. The van der Waals surface area contributed by atoms with Crippen LogP contribution in [0.1, 0.15) is 5.89 Å². The van der Waals surface area contributed by atoms with E-state index in [2.05, 4.69) is 25.7 Å². The van der Waals surface area contributed by atoms with E-state index < -0.39 is 0 Å². The van der Waals surface area contributed by atoms with Crippen molar-refractivity contribution < 1.29 is 18.7 Å². The smallest absolute Gasteiger partial charge is 0.264 e. The molecule has 0 bridgehead atoms. The van der Waals surface area contributed by atoms with E-state index in [0.717, 1.165) is 11.3 Å². The maximum absolute atomic E-state index is 5.74. The third kappa shape index (κ3) is 3.61. The summed E-state index contributed by atoms with van der Waals surface area (Å²) in [6, 6.07) is 12.7. The van der Waals surface area contributed by atoms with Crippen molar-refractivity contribution in [1.29, 1.82) is 0 Å². The van der Waals surface area contributed by atoms with Gasteiger partial charge in [0.15, 0.2) is 18.1 Å². The molecule has 10 heteroatoms. The molecule has 0 aliphatic heterocycles. The highest BCUT2D eigenvalue weighted by molar-refractivity contribution is 5.60. The van der Waals surface area contributed by atoms with Crippen LogP contribution in [0.2, 0.25) is 0 Å². The monoisotopic (exact) mass is 380 g/mol. The summed E-state index contributed by atoms with van der Waals surface area (Å²) in [5.74, 6) is 2.61. The van der Waals surface area contributed by atoms with Gasteiger partial charge in [0, 0.05) is 11.6 Å². The van der Waals surface area contributed by atoms with E-state index in [1.165, 1.54) is 11.0 Å². The lowest BCUT2D eigenvalue weighted by atomic mass is 10.2. The number of methoxy groups -OCH3 is 2. The molecule has 28 heavy (non-hydrogen) atoms. The predicted molar refractivity (Wildman–Crippen MR) is 96.3 cm³/mol. The Hall–Kier alpha value is -3.95. The number of tetrazole rings is 1. The van der Waals surface area contributed by atoms with Gasteiger partial charge in [0.05, 0.1) is 19.9 Å². The lowest BCUT2D eigenvalue weighted by Gasteiger charge is -2.07. The minimum absolute atomic E-state index is 0.124. The summed E-state index contributed by atoms with van der Waals surface area (Å²) in [6.07, 6.45) is 1.51. The lowest BCUT2D eigenvalue weighted by molar-refractivity contribution is 0.243. The van der Waals surface area contributed by atoms with E-state index >= 15 is 0 Å². The van der Waals surface area contributed by atoms with Crippen molar-refractivity contribution in [2.45, 2.75) is 6.61 Å². The summed E-state index contributed by atoms with van der Waals surface area (Å²) in [4.78, 5) is 4.36. The van der Waals surface area contributed by atoms with Crippen LogP contribution in [0.3, 0.4) is 0 Å². The molecule has 142 valence electrons. The average molecular weight is 380 g/mol. The molecule has 10 nitrogen and oxygen atoms in total. The minimum atomic E-state index is 0.124. The Morgan fingerprint density at radius 3 is 2.71 bits per heavy atom. The second kappa shape index (κ2) is 7.74. The van der Waals surface area contributed by atoms with Crippen LogP contribution < -0.4 is 14.2 Å². The third-order valence-electron chi connectivity index (χ3n) is 3.90. The molecule has 0 N–H and O–H groups in total. The fourth-order valence-corrected chi connectivity index (χ4v) is 2.55. The van der Waals surface area contributed by atoms with Crippen LogP contribution in [0.25, 0.3) is 17.1 Å². The number of benzene rings is 2. The molecule has 0 radical (unpaired) electrons. The van der Waals surface area contributed by atoms with Crippen LogP contribution in [0.5, 0.6) is 17.2 Å². The highest BCUT2D eigenvalue weighted by Gasteiger charge is 2.13. The summed E-state index contributed by atoms with van der Waals surface area (Å²) in [5.41, 5.74) is 1.52. The highest BCUT2D eigenvalue weighted by atomic mass is 16.5. The zero-order valence-corrected chi connectivity index (χ0v) is 15.1. The van der Waals surface area contributed by atoms with E-state index in [1.807, 2.05) is 30.3 Å². The van der Waals surface area contributed by atoms with E-state index in [9.17, 15) is 0 Å². The molecular formula is C18H16N6O4. The molecule has 0 unspecified atom stereocenters. The molecule has 2 heterocycles. The molecule has 2 aromatic carbocycles. The predicted octanol–water partition coefficient (Wildman–Crippen LogP) is 2.31. The van der Waals surface area contributed by atoms with Crippen LogP contribution >= 0.6 is 0 Å². The Morgan fingerprint density at radius 1 is 1.04 bits per heavy atom. The van der Waals surface area contributed by atoms with E-state index in [-0.39, 0.29) is 6.61 Å². The van der Waals surface area contributed by atoms with Crippen LogP contribution in [-0.4, -0.2) is 44.6 Å². The van der Waals surface area contributed by atoms with Crippen LogP contribution in [0.4, 0.5) is 0 Å². The highest BCUT2D eigenvalue weighted by Crippen LogP contribution is 2.31. The zero-order valence-electron chi connectivity index (χ0n) is 15.1. The van der Waals surface area contributed by atoms with Gasteiger partial charge < -0.3 is 18.7 Å². The number of nitrogens with zero attached hydrogens (tertiary/aromatic N) is 6. The van der Waals surface area contributed by atoms with Crippen molar-refractivity contribution in [3.8, 4) is 34.3 Å². The van der Waals surface area contributed by atoms with Crippen molar-refractivity contribution in [3.05, 3.63) is 54.7 Å². The van der Waals surface area contributed by atoms with Gasteiger partial charge in [-0.3, -0.25) is 0 Å². The minimum Gasteiger partial charge on any atom is -0.493 e. The maximum atomic E-state index is 5.74. The van der Waals surface area contributed by atoms with Gasteiger partial charge in [-0.05, 0) is 40.8 Å². The average Bonchev–Trinajstić information content (AvgIpc) is 3.44.